The van der Waals surface area contributed by atoms with Crippen molar-refractivity contribution in [3.05, 3.63) is 46.7 Å². The van der Waals surface area contributed by atoms with Gasteiger partial charge in [-0.1, -0.05) is 18.2 Å². The number of rotatable bonds is 7. The fourth-order valence-corrected chi connectivity index (χ4v) is 3.69. The van der Waals surface area contributed by atoms with Crippen LogP contribution in [-0.4, -0.2) is 38.1 Å². The number of aliphatic imine (C=N–C) groups is 1. The first-order valence-corrected chi connectivity index (χ1v) is 10.2. The van der Waals surface area contributed by atoms with Crippen LogP contribution in [-0.2, 0) is 4.79 Å². The molecule has 0 fully saturated rings. The fraction of sp³-hybridized carbons (Fsp3) is 0.400. The van der Waals surface area contributed by atoms with Crippen molar-refractivity contribution in [3.8, 4) is 5.75 Å². The average Bonchev–Trinajstić information content (AvgIpc) is 3.21. The number of amides is 1. The van der Waals surface area contributed by atoms with E-state index in [1.165, 1.54) is 4.88 Å². The molecule has 0 saturated carbocycles. The number of para-hydroxylation sites is 2. The average molecular weight is 387 g/mol. The van der Waals surface area contributed by atoms with Gasteiger partial charge in [0.2, 0.25) is 0 Å². The van der Waals surface area contributed by atoms with Gasteiger partial charge in [0.15, 0.2) is 12.6 Å². The molecule has 1 atom stereocenters. The van der Waals surface area contributed by atoms with E-state index in [-0.39, 0.29) is 18.6 Å². The predicted molar refractivity (Wildman–Crippen MR) is 111 cm³/mol. The molecule has 1 aliphatic rings. The van der Waals surface area contributed by atoms with Gasteiger partial charge in [0.1, 0.15) is 5.75 Å². The molecule has 6 nitrogen and oxygen atoms in total. The fourth-order valence-electron chi connectivity index (χ4n) is 2.95. The van der Waals surface area contributed by atoms with E-state index < -0.39 is 0 Å². The summed E-state index contributed by atoms with van der Waals surface area (Å²) in [5.41, 5.74) is 0.842. The highest BCUT2D eigenvalue weighted by Crippen LogP contribution is 2.31. The summed E-state index contributed by atoms with van der Waals surface area (Å²) in [6, 6.07) is 12.0. The molecule has 27 heavy (non-hydrogen) atoms. The number of guanidine groups is 1. The Morgan fingerprint density at radius 1 is 1.33 bits per heavy atom. The quantitative estimate of drug-likeness (QED) is 0.436. The minimum absolute atomic E-state index is 0.00553. The Morgan fingerprint density at radius 2 is 2.19 bits per heavy atom. The molecule has 0 saturated heterocycles. The number of nitrogens with one attached hydrogen (secondary N) is 2. The van der Waals surface area contributed by atoms with E-state index in [2.05, 4.69) is 47.0 Å². The zero-order valence-corrected chi connectivity index (χ0v) is 16.6. The van der Waals surface area contributed by atoms with E-state index in [1.807, 2.05) is 24.3 Å². The van der Waals surface area contributed by atoms with Gasteiger partial charge in [-0.15, -0.1) is 11.3 Å². The van der Waals surface area contributed by atoms with Crippen LogP contribution >= 0.6 is 11.3 Å². The number of ether oxygens (including phenoxy) is 1. The maximum Gasteiger partial charge on any atom is 0.265 e. The molecule has 1 unspecified atom stereocenters. The second kappa shape index (κ2) is 9.41. The number of thiophene rings is 1. The van der Waals surface area contributed by atoms with Gasteiger partial charge < -0.3 is 20.3 Å². The Bertz CT molecular complexity index is 776. The summed E-state index contributed by atoms with van der Waals surface area (Å²) >= 11 is 1.73. The van der Waals surface area contributed by atoms with E-state index in [0.29, 0.717) is 13.1 Å². The van der Waals surface area contributed by atoms with E-state index in [1.54, 1.807) is 16.2 Å². The molecule has 1 aromatic carbocycles. The molecular formula is C20H26N4O2S. The lowest BCUT2D eigenvalue weighted by Gasteiger charge is -2.29. The Balaban J connectivity index is 1.56. The lowest BCUT2D eigenvalue weighted by Crippen LogP contribution is -2.40. The molecule has 1 amide bonds. The van der Waals surface area contributed by atoms with Crippen LogP contribution in [0.15, 0.2) is 46.8 Å². The molecule has 0 spiro atoms. The number of hydrogen-bond acceptors (Lipinski definition) is 4. The molecular weight excluding hydrogens is 360 g/mol. The summed E-state index contributed by atoms with van der Waals surface area (Å²) < 4.78 is 5.48. The van der Waals surface area contributed by atoms with Crippen LogP contribution in [0.1, 0.15) is 31.2 Å². The van der Waals surface area contributed by atoms with Crippen LogP contribution in [0.25, 0.3) is 0 Å². The van der Waals surface area contributed by atoms with E-state index in [4.69, 9.17) is 4.74 Å². The summed E-state index contributed by atoms with van der Waals surface area (Å²) in [5, 5.41) is 8.79. The van der Waals surface area contributed by atoms with Crippen molar-refractivity contribution in [1.29, 1.82) is 0 Å². The lowest BCUT2D eigenvalue weighted by atomic mass is 10.2. The molecule has 1 aromatic heterocycles. The second-order valence-electron chi connectivity index (χ2n) is 6.30. The van der Waals surface area contributed by atoms with Gasteiger partial charge in [0.05, 0.1) is 11.7 Å². The largest absolute Gasteiger partial charge is 0.482 e. The zero-order valence-electron chi connectivity index (χ0n) is 15.8. The molecule has 2 aromatic rings. The number of anilines is 1. The SMILES string of the molecule is CCNC(=NCCCN1C(=O)COc2ccccc21)NC(C)c1cccs1. The minimum Gasteiger partial charge on any atom is -0.482 e. The van der Waals surface area contributed by atoms with Crippen LogP contribution in [0.3, 0.4) is 0 Å². The first-order chi connectivity index (χ1) is 13.2. The monoisotopic (exact) mass is 386 g/mol. The molecule has 0 aliphatic carbocycles. The number of fused-ring (bicyclic) bond motifs is 1. The molecule has 3 rings (SSSR count). The van der Waals surface area contributed by atoms with Crippen molar-refractivity contribution in [2.24, 2.45) is 4.99 Å². The van der Waals surface area contributed by atoms with Crippen LogP contribution < -0.4 is 20.3 Å². The Kier molecular flexibility index (Phi) is 6.70. The van der Waals surface area contributed by atoms with Crippen LogP contribution in [0.2, 0.25) is 0 Å². The van der Waals surface area contributed by atoms with Crippen LogP contribution in [0.4, 0.5) is 5.69 Å². The molecule has 7 heteroatoms. The van der Waals surface area contributed by atoms with Crippen molar-refractivity contribution < 1.29 is 9.53 Å². The number of carbonyl (C=O) groups is 1. The van der Waals surface area contributed by atoms with E-state index in [9.17, 15) is 4.79 Å². The van der Waals surface area contributed by atoms with Gasteiger partial charge >= 0.3 is 0 Å². The first kappa shape index (κ1) is 19.2. The summed E-state index contributed by atoms with van der Waals surface area (Å²) in [6.07, 6.45) is 0.782. The third kappa shape index (κ3) is 5.01. The maximum atomic E-state index is 12.2. The Labute approximate surface area is 164 Å². The Morgan fingerprint density at radius 3 is 2.96 bits per heavy atom. The topological polar surface area (TPSA) is 66.0 Å². The maximum absolute atomic E-state index is 12.2. The van der Waals surface area contributed by atoms with Crippen molar-refractivity contribution >= 4 is 28.9 Å². The van der Waals surface area contributed by atoms with Gasteiger partial charge in [-0.25, -0.2) is 0 Å². The highest BCUT2D eigenvalue weighted by atomic mass is 32.1. The number of nitrogens with zero attached hydrogens (tertiary/aromatic N) is 2. The predicted octanol–water partition coefficient (Wildman–Crippen LogP) is 3.18. The van der Waals surface area contributed by atoms with Crippen molar-refractivity contribution in [1.82, 2.24) is 10.6 Å². The number of hydrogen-bond donors (Lipinski definition) is 2. The van der Waals surface area contributed by atoms with Crippen LogP contribution in [0.5, 0.6) is 5.75 Å². The summed E-state index contributed by atoms with van der Waals surface area (Å²) in [7, 11) is 0. The van der Waals surface area contributed by atoms with Gasteiger partial charge in [-0.3, -0.25) is 9.79 Å². The molecule has 144 valence electrons. The highest BCUT2D eigenvalue weighted by molar-refractivity contribution is 7.10. The minimum atomic E-state index is -0.00553. The molecule has 1 aliphatic heterocycles. The summed E-state index contributed by atoms with van der Waals surface area (Å²) in [5.74, 6) is 1.56. The smallest absolute Gasteiger partial charge is 0.265 e. The van der Waals surface area contributed by atoms with Crippen molar-refractivity contribution in [2.45, 2.75) is 26.3 Å². The van der Waals surface area contributed by atoms with E-state index in [0.717, 1.165) is 30.4 Å². The Hall–Kier alpha value is -2.54. The zero-order chi connectivity index (χ0) is 19.1. The number of carbonyl (C=O) groups excluding carboxylic acids is 1. The third-order valence-corrected chi connectivity index (χ3v) is 5.34. The van der Waals surface area contributed by atoms with Crippen molar-refractivity contribution in [2.75, 3.05) is 31.1 Å². The summed E-state index contributed by atoms with van der Waals surface area (Å²) in [6.45, 7) is 6.35. The number of benzene rings is 1. The van der Waals surface area contributed by atoms with Gasteiger partial charge in [0, 0.05) is 24.5 Å². The van der Waals surface area contributed by atoms with Gasteiger partial charge in [0.25, 0.3) is 5.91 Å². The summed E-state index contributed by atoms with van der Waals surface area (Å²) in [4.78, 5) is 19.9. The highest BCUT2D eigenvalue weighted by Gasteiger charge is 2.24. The molecule has 2 heterocycles. The second-order valence-corrected chi connectivity index (χ2v) is 7.28. The lowest BCUT2D eigenvalue weighted by molar-refractivity contribution is -0.121. The molecule has 0 radical (unpaired) electrons. The molecule has 2 N–H and O–H groups in total. The van der Waals surface area contributed by atoms with Gasteiger partial charge in [-0.05, 0) is 43.8 Å². The van der Waals surface area contributed by atoms with E-state index >= 15 is 0 Å². The van der Waals surface area contributed by atoms with Crippen LogP contribution in [0, 0.1) is 0 Å². The molecule has 0 bridgehead atoms. The van der Waals surface area contributed by atoms with Gasteiger partial charge in [-0.2, -0.15) is 0 Å². The third-order valence-electron chi connectivity index (χ3n) is 4.29. The first-order valence-electron chi connectivity index (χ1n) is 9.29. The standard InChI is InChI=1S/C20H26N4O2S/c1-3-21-20(23-15(2)18-10-6-13-27-18)22-11-7-12-24-16-8-4-5-9-17(16)26-14-19(24)25/h4-6,8-10,13,15H,3,7,11-12,14H2,1-2H3,(H2,21,22,23). The van der Waals surface area contributed by atoms with Crippen molar-refractivity contribution in [3.63, 3.8) is 0 Å². The normalized spacial score (nSPS) is 15.1.